The zero-order valence-electron chi connectivity index (χ0n) is 15.2. The number of aromatic nitrogens is 4. The summed E-state index contributed by atoms with van der Waals surface area (Å²) < 4.78 is 1.77. The second-order valence-corrected chi connectivity index (χ2v) is 6.54. The number of carbonyl (C=O) groups is 1. The third-order valence-electron chi connectivity index (χ3n) is 4.41. The third-order valence-corrected chi connectivity index (χ3v) is 4.41. The standard InChI is InChI=1S/C18H26N6O/c1-4-24-16(12-14(3)22-24)21-17(25)15-11-13(2)19-18(20-15)23-9-7-5-6-8-10-23/h11-12H,4-10H2,1-3H3,(H,21,25). The van der Waals surface area contributed by atoms with Gasteiger partial charge < -0.3 is 10.2 Å². The first kappa shape index (κ1) is 17.4. The maximum absolute atomic E-state index is 12.7. The summed E-state index contributed by atoms with van der Waals surface area (Å²) in [6, 6.07) is 3.60. The fraction of sp³-hybridized carbons (Fsp3) is 0.556. The van der Waals surface area contributed by atoms with E-state index >= 15 is 0 Å². The molecule has 0 aliphatic carbocycles. The summed E-state index contributed by atoms with van der Waals surface area (Å²) in [5.74, 6) is 1.13. The predicted octanol–water partition coefficient (Wildman–Crippen LogP) is 2.94. The Morgan fingerprint density at radius 1 is 1.08 bits per heavy atom. The lowest BCUT2D eigenvalue weighted by Crippen LogP contribution is -2.27. The fourth-order valence-electron chi connectivity index (χ4n) is 3.15. The minimum Gasteiger partial charge on any atom is -0.341 e. The van der Waals surface area contributed by atoms with Crippen LogP contribution in [-0.4, -0.2) is 38.7 Å². The van der Waals surface area contributed by atoms with E-state index in [0.29, 0.717) is 24.0 Å². The highest BCUT2D eigenvalue weighted by atomic mass is 16.2. The average molecular weight is 342 g/mol. The van der Waals surface area contributed by atoms with Crippen LogP contribution >= 0.6 is 0 Å². The quantitative estimate of drug-likeness (QED) is 0.924. The van der Waals surface area contributed by atoms with E-state index in [1.54, 1.807) is 10.7 Å². The Labute approximate surface area is 148 Å². The van der Waals surface area contributed by atoms with E-state index < -0.39 is 0 Å². The molecular weight excluding hydrogens is 316 g/mol. The molecule has 3 rings (SSSR count). The van der Waals surface area contributed by atoms with Crippen molar-refractivity contribution in [1.29, 1.82) is 0 Å². The molecule has 7 heteroatoms. The number of hydrogen-bond donors (Lipinski definition) is 1. The van der Waals surface area contributed by atoms with Crippen molar-refractivity contribution >= 4 is 17.7 Å². The molecule has 0 spiro atoms. The molecule has 25 heavy (non-hydrogen) atoms. The van der Waals surface area contributed by atoms with Gasteiger partial charge in [0.25, 0.3) is 5.91 Å². The van der Waals surface area contributed by atoms with Crippen LogP contribution in [0.3, 0.4) is 0 Å². The molecular formula is C18H26N6O. The van der Waals surface area contributed by atoms with E-state index in [-0.39, 0.29) is 5.91 Å². The first-order chi connectivity index (χ1) is 12.1. The molecule has 2 aromatic heterocycles. The van der Waals surface area contributed by atoms with Gasteiger partial charge in [0.2, 0.25) is 5.95 Å². The molecule has 1 aliphatic heterocycles. The molecule has 7 nitrogen and oxygen atoms in total. The highest BCUT2D eigenvalue weighted by Crippen LogP contribution is 2.18. The largest absolute Gasteiger partial charge is 0.341 e. The first-order valence-electron chi connectivity index (χ1n) is 9.03. The van der Waals surface area contributed by atoms with Crippen molar-refractivity contribution in [1.82, 2.24) is 19.7 Å². The van der Waals surface area contributed by atoms with Crippen LogP contribution in [0.1, 0.15) is 54.5 Å². The Morgan fingerprint density at radius 2 is 1.80 bits per heavy atom. The molecule has 1 aliphatic rings. The highest BCUT2D eigenvalue weighted by molar-refractivity contribution is 6.02. The van der Waals surface area contributed by atoms with E-state index in [2.05, 4.69) is 25.3 Å². The van der Waals surface area contributed by atoms with Crippen molar-refractivity contribution in [2.75, 3.05) is 23.3 Å². The number of rotatable bonds is 4. The van der Waals surface area contributed by atoms with Gasteiger partial charge >= 0.3 is 0 Å². The number of nitrogens with zero attached hydrogens (tertiary/aromatic N) is 5. The minimum atomic E-state index is -0.226. The molecule has 3 heterocycles. The summed E-state index contributed by atoms with van der Waals surface area (Å²) in [4.78, 5) is 24.0. The van der Waals surface area contributed by atoms with Crippen molar-refractivity contribution < 1.29 is 4.79 Å². The summed E-state index contributed by atoms with van der Waals surface area (Å²) in [6.45, 7) is 8.41. The van der Waals surface area contributed by atoms with Gasteiger partial charge in [-0.05, 0) is 39.7 Å². The van der Waals surface area contributed by atoms with Crippen LogP contribution < -0.4 is 10.2 Å². The number of aryl methyl sites for hydroxylation is 3. The molecule has 1 saturated heterocycles. The van der Waals surface area contributed by atoms with Crippen LogP contribution in [0, 0.1) is 13.8 Å². The summed E-state index contributed by atoms with van der Waals surface area (Å²) in [7, 11) is 0. The third kappa shape index (κ3) is 4.15. The van der Waals surface area contributed by atoms with Crippen molar-refractivity contribution in [3.8, 4) is 0 Å². The highest BCUT2D eigenvalue weighted by Gasteiger charge is 2.17. The average Bonchev–Trinajstić information content (AvgIpc) is 2.78. The first-order valence-corrected chi connectivity index (χ1v) is 9.03. The van der Waals surface area contributed by atoms with Crippen LogP contribution in [0.4, 0.5) is 11.8 Å². The van der Waals surface area contributed by atoms with Gasteiger partial charge in [0.1, 0.15) is 11.5 Å². The lowest BCUT2D eigenvalue weighted by atomic mass is 10.2. The second-order valence-electron chi connectivity index (χ2n) is 6.54. The molecule has 1 fully saturated rings. The molecule has 2 aromatic rings. The van der Waals surface area contributed by atoms with E-state index in [4.69, 9.17) is 0 Å². The molecule has 134 valence electrons. The Morgan fingerprint density at radius 3 is 2.48 bits per heavy atom. The van der Waals surface area contributed by atoms with Crippen molar-refractivity contribution in [2.45, 2.75) is 53.0 Å². The Kier molecular flexibility index (Phi) is 5.31. The topological polar surface area (TPSA) is 75.9 Å². The zero-order valence-corrected chi connectivity index (χ0v) is 15.2. The predicted molar refractivity (Wildman–Crippen MR) is 98.0 cm³/mol. The monoisotopic (exact) mass is 342 g/mol. The summed E-state index contributed by atoms with van der Waals surface area (Å²) in [5.41, 5.74) is 2.08. The fourth-order valence-corrected chi connectivity index (χ4v) is 3.15. The lowest BCUT2D eigenvalue weighted by Gasteiger charge is -2.21. The Bertz CT molecular complexity index is 746. The maximum atomic E-state index is 12.7. The van der Waals surface area contributed by atoms with Crippen LogP contribution in [0.25, 0.3) is 0 Å². The van der Waals surface area contributed by atoms with Gasteiger partial charge in [0.05, 0.1) is 5.69 Å². The molecule has 1 N–H and O–H groups in total. The number of nitrogens with one attached hydrogen (secondary N) is 1. The van der Waals surface area contributed by atoms with Gasteiger partial charge in [0.15, 0.2) is 0 Å². The second kappa shape index (κ2) is 7.63. The smallest absolute Gasteiger partial charge is 0.275 e. The van der Waals surface area contributed by atoms with Gasteiger partial charge in [-0.3, -0.25) is 4.79 Å². The number of carbonyl (C=O) groups excluding carboxylic acids is 1. The summed E-state index contributed by atoms with van der Waals surface area (Å²) in [5, 5.41) is 7.28. The Balaban J connectivity index is 1.82. The van der Waals surface area contributed by atoms with E-state index in [0.717, 1.165) is 37.3 Å². The number of anilines is 2. The molecule has 0 unspecified atom stereocenters. The van der Waals surface area contributed by atoms with Crippen LogP contribution in [0.5, 0.6) is 0 Å². The van der Waals surface area contributed by atoms with Gasteiger partial charge in [-0.15, -0.1) is 0 Å². The van der Waals surface area contributed by atoms with Crippen molar-refractivity contribution in [3.05, 3.63) is 29.2 Å². The van der Waals surface area contributed by atoms with Gasteiger partial charge in [0, 0.05) is 31.4 Å². The molecule has 0 bridgehead atoms. The van der Waals surface area contributed by atoms with E-state index in [1.165, 1.54) is 12.8 Å². The van der Waals surface area contributed by atoms with E-state index in [9.17, 15) is 4.79 Å². The van der Waals surface area contributed by atoms with Crippen LogP contribution in [0.2, 0.25) is 0 Å². The maximum Gasteiger partial charge on any atom is 0.275 e. The normalized spacial score (nSPS) is 15.1. The van der Waals surface area contributed by atoms with Crippen LogP contribution in [-0.2, 0) is 6.54 Å². The summed E-state index contributed by atoms with van der Waals surface area (Å²) in [6.07, 6.45) is 4.79. The molecule has 0 atom stereocenters. The Hall–Kier alpha value is -2.44. The number of hydrogen-bond acceptors (Lipinski definition) is 5. The zero-order chi connectivity index (χ0) is 17.8. The number of amides is 1. The van der Waals surface area contributed by atoms with Gasteiger partial charge in [-0.1, -0.05) is 12.8 Å². The van der Waals surface area contributed by atoms with Gasteiger partial charge in [-0.2, -0.15) is 5.10 Å². The SMILES string of the molecule is CCn1nc(C)cc1NC(=O)c1cc(C)nc(N2CCCCCC2)n1. The minimum absolute atomic E-state index is 0.226. The molecule has 0 saturated carbocycles. The molecule has 0 aromatic carbocycles. The van der Waals surface area contributed by atoms with Gasteiger partial charge in [-0.25, -0.2) is 14.6 Å². The molecule has 0 radical (unpaired) electrons. The van der Waals surface area contributed by atoms with Crippen LogP contribution in [0.15, 0.2) is 12.1 Å². The van der Waals surface area contributed by atoms with Crippen molar-refractivity contribution in [3.63, 3.8) is 0 Å². The van der Waals surface area contributed by atoms with E-state index in [1.807, 2.05) is 26.8 Å². The molecule has 1 amide bonds. The summed E-state index contributed by atoms with van der Waals surface area (Å²) >= 11 is 0. The lowest BCUT2D eigenvalue weighted by molar-refractivity contribution is 0.102. The van der Waals surface area contributed by atoms with Crippen molar-refractivity contribution in [2.24, 2.45) is 0 Å².